The van der Waals surface area contributed by atoms with E-state index in [9.17, 15) is 9.59 Å². The quantitative estimate of drug-likeness (QED) is 0.610. The van der Waals surface area contributed by atoms with Gasteiger partial charge in [-0.1, -0.05) is 35.5 Å². The highest BCUT2D eigenvalue weighted by atomic mass is 35.5. The highest BCUT2D eigenvalue weighted by Crippen LogP contribution is 2.33. The Kier molecular flexibility index (Phi) is 5.99. The summed E-state index contributed by atoms with van der Waals surface area (Å²) in [5, 5.41) is 3.42. The molecule has 0 spiro atoms. The molecule has 0 saturated heterocycles. The van der Waals surface area contributed by atoms with Gasteiger partial charge in [-0.3, -0.25) is 4.79 Å². The van der Waals surface area contributed by atoms with E-state index in [-0.39, 0.29) is 12.2 Å². The number of carbonyl (C=O) groups is 2. The number of furan rings is 1. The molecular formula is C19H14ClNO4S. The lowest BCUT2D eigenvalue weighted by Crippen LogP contribution is -2.21. The molecule has 0 unspecified atom stereocenters. The maximum Gasteiger partial charge on any atom is 0.341 e. The lowest BCUT2D eigenvalue weighted by Gasteiger charge is -2.11. The number of carbonyl (C=O) groups excluding carboxylic acids is 2. The van der Waals surface area contributed by atoms with Crippen molar-refractivity contribution < 1.29 is 18.7 Å². The molecule has 1 aromatic heterocycles. The number of rotatable bonds is 6. The van der Waals surface area contributed by atoms with Crippen LogP contribution in [0.15, 0.2) is 81.3 Å². The molecule has 1 amide bonds. The van der Waals surface area contributed by atoms with Crippen LogP contribution in [0.3, 0.4) is 0 Å². The molecule has 0 fully saturated rings. The van der Waals surface area contributed by atoms with Gasteiger partial charge in [-0.05, 0) is 42.5 Å². The lowest BCUT2D eigenvalue weighted by atomic mass is 10.3. The van der Waals surface area contributed by atoms with Crippen molar-refractivity contribution >= 4 is 40.9 Å². The molecule has 5 nitrogen and oxygen atoms in total. The number of amides is 1. The van der Waals surface area contributed by atoms with Crippen LogP contribution < -0.4 is 5.32 Å². The Morgan fingerprint density at radius 1 is 1.08 bits per heavy atom. The predicted molar refractivity (Wildman–Crippen MR) is 99.6 cm³/mol. The Balaban J connectivity index is 1.61. The average Bonchev–Trinajstić information content (AvgIpc) is 3.18. The van der Waals surface area contributed by atoms with E-state index < -0.39 is 11.9 Å². The van der Waals surface area contributed by atoms with E-state index in [1.165, 1.54) is 30.4 Å². The summed E-state index contributed by atoms with van der Waals surface area (Å²) in [5.41, 5.74) is 0.897. The smallest absolute Gasteiger partial charge is 0.341 e. The Labute approximate surface area is 159 Å². The first-order valence-corrected chi connectivity index (χ1v) is 8.83. The average molecular weight is 388 g/mol. The Morgan fingerprint density at radius 3 is 2.58 bits per heavy atom. The zero-order valence-electron chi connectivity index (χ0n) is 13.5. The fourth-order valence-corrected chi connectivity index (χ4v) is 3.10. The van der Waals surface area contributed by atoms with Gasteiger partial charge < -0.3 is 14.5 Å². The minimum Gasteiger partial charge on any atom is -0.472 e. The second-order valence-corrected chi connectivity index (χ2v) is 6.74. The molecule has 0 aliphatic carbocycles. The van der Waals surface area contributed by atoms with Gasteiger partial charge in [0.25, 0.3) is 5.91 Å². The highest BCUT2D eigenvalue weighted by molar-refractivity contribution is 7.99. The zero-order chi connectivity index (χ0) is 18.4. The minimum absolute atomic E-state index is 0.261. The molecule has 0 radical (unpaired) electrons. The normalized spacial score (nSPS) is 10.3. The minimum atomic E-state index is -0.613. The largest absolute Gasteiger partial charge is 0.472 e. The van der Waals surface area contributed by atoms with Crippen LogP contribution >= 0.6 is 23.4 Å². The van der Waals surface area contributed by atoms with E-state index in [0.29, 0.717) is 10.7 Å². The van der Waals surface area contributed by atoms with Crippen molar-refractivity contribution in [2.45, 2.75) is 9.79 Å². The van der Waals surface area contributed by atoms with Gasteiger partial charge in [0, 0.05) is 14.8 Å². The number of halogens is 1. The monoisotopic (exact) mass is 387 g/mol. The van der Waals surface area contributed by atoms with Crippen LogP contribution in [-0.2, 0) is 9.53 Å². The molecule has 0 saturated carbocycles. The Hall–Kier alpha value is -2.70. The molecule has 1 heterocycles. The molecule has 7 heteroatoms. The third-order valence-electron chi connectivity index (χ3n) is 3.29. The van der Waals surface area contributed by atoms with Crippen molar-refractivity contribution in [3.05, 3.63) is 77.7 Å². The molecule has 132 valence electrons. The van der Waals surface area contributed by atoms with Gasteiger partial charge in [0.2, 0.25) is 0 Å². The van der Waals surface area contributed by atoms with Crippen molar-refractivity contribution in [1.82, 2.24) is 0 Å². The van der Waals surface area contributed by atoms with E-state index in [1.807, 2.05) is 30.3 Å². The number of hydrogen-bond acceptors (Lipinski definition) is 5. The van der Waals surface area contributed by atoms with Crippen molar-refractivity contribution in [3.8, 4) is 0 Å². The zero-order valence-corrected chi connectivity index (χ0v) is 15.0. The van der Waals surface area contributed by atoms with Gasteiger partial charge in [-0.2, -0.15) is 0 Å². The van der Waals surface area contributed by atoms with Gasteiger partial charge in [-0.25, -0.2) is 4.79 Å². The van der Waals surface area contributed by atoms with Crippen LogP contribution in [0.25, 0.3) is 0 Å². The van der Waals surface area contributed by atoms with Crippen LogP contribution in [-0.4, -0.2) is 18.5 Å². The number of ether oxygens (including phenoxy) is 1. The van der Waals surface area contributed by atoms with Crippen LogP contribution in [0.2, 0.25) is 5.02 Å². The van der Waals surface area contributed by atoms with Crippen LogP contribution in [0, 0.1) is 0 Å². The molecule has 1 N–H and O–H groups in total. The number of benzene rings is 2. The molecule has 0 bridgehead atoms. The second-order valence-electron chi connectivity index (χ2n) is 5.19. The molecule has 26 heavy (non-hydrogen) atoms. The van der Waals surface area contributed by atoms with Crippen LogP contribution in [0.1, 0.15) is 10.4 Å². The summed E-state index contributed by atoms with van der Waals surface area (Å²) >= 11 is 7.39. The van der Waals surface area contributed by atoms with Gasteiger partial charge >= 0.3 is 5.97 Å². The summed E-state index contributed by atoms with van der Waals surface area (Å²) in [6, 6.07) is 16.3. The van der Waals surface area contributed by atoms with Crippen molar-refractivity contribution in [3.63, 3.8) is 0 Å². The molecule has 3 rings (SSSR count). The molecule has 0 atom stereocenters. The number of hydrogen-bond donors (Lipinski definition) is 1. The maximum absolute atomic E-state index is 12.1. The summed E-state index contributed by atoms with van der Waals surface area (Å²) < 4.78 is 9.76. The van der Waals surface area contributed by atoms with E-state index >= 15 is 0 Å². The molecule has 3 aromatic rings. The summed E-state index contributed by atoms with van der Waals surface area (Å²) in [5.74, 6) is -1.04. The number of nitrogens with one attached hydrogen (secondary N) is 1. The van der Waals surface area contributed by atoms with Crippen molar-refractivity contribution in [2.75, 3.05) is 11.9 Å². The second kappa shape index (κ2) is 8.60. The third kappa shape index (κ3) is 4.91. The van der Waals surface area contributed by atoms with Crippen molar-refractivity contribution in [2.24, 2.45) is 0 Å². The standard InChI is InChI=1S/C19H14ClNO4S/c20-14-5-7-15(8-6-14)26-17-4-2-1-3-16(17)21-18(22)12-25-19(23)13-9-10-24-11-13/h1-11H,12H2,(H,21,22). The first-order valence-electron chi connectivity index (χ1n) is 7.63. The van der Waals surface area contributed by atoms with Crippen molar-refractivity contribution in [1.29, 1.82) is 0 Å². The topological polar surface area (TPSA) is 68.5 Å². The Morgan fingerprint density at radius 2 is 1.85 bits per heavy atom. The summed E-state index contributed by atoms with van der Waals surface area (Å²) in [6.07, 6.45) is 2.62. The number of para-hydroxylation sites is 1. The van der Waals surface area contributed by atoms with E-state index in [4.69, 9.17) is 20.8 Å². The SMILES string of the molecule is O=C(COC(=O)c1ccoc1)Nc1ccccc1Sc1ccc(Cl)cc1. The number of anilines is 1. The van der Waals surface area contributed by atoms with Crippen LogP contribution in [0.5, 0.6) is 0 Å². The predicted octanol–water partition coefficient (Wildman–Crippen LogP) is 4.88. The molecule has 0 aliphatic rings. The number of esters is 1. The van der Waals surface area contributed by atoms with Gasteiger partial charge in [-0.15, -0.1) is 0 Å². The Bertz CT molecular complexity index is 894. The summed E-state index contributed by atoms with van der Waals surface area (Å²) in [7, 11) is 0. The van der Waals surface area contributed by atoms with E-state index in [1.54, 1.807) is 18.2 Å². The van der Waals surface area contributed by atoms with Gasteiger partial charge in [0.1, 0.15) is 6.26 Å². The summed E-state index contributed by atoms with van der Waals surface area (Å²) in [6.45, 7) is -0.385. The molecule has 0 aliphatic heterocycles. The molecular weight excluding hydrogens is 374 g/mol. The summed E-state index contributed by atoms with van der Waals surface area (Å²) in [4.78, 5) is 25.7. The fourth-order valence-electron chi connectivity index (χ4n) is 2.07. The lowest BCUT2D eigenvalue weighted by molar-refractivity contribution is -0.119. The third-order valence-corrected chi connectivity index (χ3v) is 4.63. The van der Waals surface area contributed by atoms with E-state index in [0.717, 1.165) is 9.79 Å². The fraction of sp³-hybridized carbons (Fsp3) is 0.0526. The van der Waals surface area contributed by atoms with Crippen LogP contribution in [0.4, 0.5) is 5.69 Å². The van der Waals surface area contributed by atoms with Gasteiger partial charge in [0.15, 0.2) is 6.61 Å². The first kappa shape index (κ1) is 18.1. The highest BCUT2D eigenvalue weighted by Gasteiger charge is 2.13. The first-order chi connectivity index (χ1) is 12.6. The maximum atomic E-state index is 12.1. The molecule has 2 aromatic carbocycles. The van der Waals surface area contributed by atoms with E-state index in [2.05, 4.69) is 5.32 Å². The van der Waals surface area contributed by atoms with Gasteiger partial charge in [0.05, 0.1) is 17.5 Å².